The van der Waals surface area contributed by atoms with Crippen LogP contribution in [0.5, 0.6) is 5.75 Å². The van der Waals surface area contributed by atoms with Gasteiger partial charge in [-0.1, -0.05) is 13.0 Å². The van der Waals surface area contributed by atoms with E-state index in [0.717, 1.165) is 32.5 Å². The van der Waals surface area contributed by atoms with Crippen LogP contribution in [0, 0.1) is 5.82 Å². The molecule has 0 amide bonds. The second kappa shape index (κ2) is 8.89. The van der Waals surface area contributed by atoms with Crippen molar-refractivity contribution in [3.63, 3.8) is 0 Å². The second-order valence-electron chi connectivity index (χ2n) is 4.24. The summed E-state index contributed by atoms with van der Waals surface area (Å²) in [4.78, 5) is 0. The average Bonchev–Trinajstić information content (AvgIpc) is 2.39. The van der Waals surface area contributed by atoms with E-state index in [1.54, 1.807) is 12.1 Å². The highest BCUT2D eigenvalue weighted by Gasteiger charge is 2.03. The molecule has 102 valence electrons. The molecule has 0 aliphatic rings. The Morgan fingerprint density at radius 2 is 1.94 bits per heavy atom. The predicted octanol–water partition coefficient (Wildman–Crippen LogP) is 2.31. The largest absolute Gasteiger partial charge is 0.497 e. The lowest BCUT2D eigenvalue weighted by molar-refractivity contribution is 0.410. The smallest absolute Gasteiger partial charge is 0.131 e. The van der Waals surface area contributed by atoms with E-state index in [1.165, 1.54) is 13.2 Å². The van der Waals surface area contributed by atoms with Crippen LogP contribution in [0.1, 0.15) is 25.3 Å². The fourth-order valence-corrected chi connectivity index (χ4v) is 1.66. The lowest BCUT2D eigenvalue weighted by Gasteiger charge is -2.08. The maximum atomic E-state index is 13.6. The number of ether oxygens (including phenoxy) is 1. The zero-order valence-electron chi connectivity index (χ0n) is 11.3. The topological polar surface area (TPSA) is 33.3 Å². The molecule has 4 heteroatoms. The zero-order chi connectivity index (χ0) is 13.2. The molecule has 0 atom stereocenters. The van der Waals surface area contributed by atoms with Crippen LogP contribution in [-0.2, 0) is 6.54 Å². The molecule has 0 aliphatic carbocycles. The average molecular weight is 254 g/mol. The third kappa shape index (κ3) is 5.47. The fourth-order valence-electron chi connectivity index (χ4n) is 1.66. The summed E-state index contributed by atoms with van der Waals surface area (Å²) in [6, 6.07) is 4.96. The SMILES string of the molecule is CCCNCCCNCc1ccc(OC)cc1F. The van der Waals surface area contributed by atoms with Crippen LogP contribution in [0.3, 0.4) is 0 Å². The number of benzene rings is 1. The standard InChI is InChI=1S/C14H23FN2O/c1-3-7-16-8-4-9-17-11-12-5-6-13(18-2)10-14(12)15/h5-6,10,16-17H,3-4,7-9,11H2,1-2H3. The molecule has 0 heterocycles. The second-order valence-corrected chi connectivity index (χ2v) is 4.24. The molecule has 0 unspecified atom stereocenters. The summed E-state index contributed by atoms with van der Waals surface area (Å²) in [7, 11) is 1.54. The summed E-state index contributed by atoms with van der Waals surface area (Å²) in [5.74, 6) is 0.339. The molecule has 0 aromatic heterocycles. The van der Waals surface area contributed by atoms with E-state index >= 15 is 0 Å². The Labute approximate surface area is 109 Å². The van der Waals surface area contributed by atoms with E-state index in [9.17, 15) is 4.39 Å². The Morgan fingerprint density at radius 3 is 2.61 bits per heavy atom. The van der Waals surface area contributed by atoms with Gasteiger partial charge >= 0.3 is 0 Å². The Morgan fingerprint density at radius 1 is 1.17 bits per heavy atom. The molecule has 0 saturated heterocycles. The van der Waals surface area contributed by atoms with Crippen molar-refractivity contribution in [1.82, 2.24) is 10.6 Å². The third-order valence-electron chi connectivity index (χ3n) is 2.71. The molecule has 0 saturated carbocycles. The minimum atomic E-state index is -0.217. The van der Waals surface area contributed by atoms with Crippen LogP contribution in [0.25, 0.3) is 0 Å². The molecule has 0 aliphatic heterocycles. The summed E-state index contributed by atoms with van der Waals surface area (Å²) in [5, 5.41) is 6.57. The van der Waals surface area contributed by atoms with Crippen molar-refractivity contribution in [3.05, 3.63) is 29.6 Å². The van der Waals surface area contributed by atoms with E-state index in [4.69, 9.17) is 4.74 Å². The summed E-state index contributed by atoms with van der Waals surface area (Å²) < 4.78 is 18.5. The lowest BCUT2D eigenvalue weighted by atomic mass is 10.2. The first-order chi connectivity index (χ1) is 8.77. The van der Waals surface area contributed by atoms with Gasteiger partial charge in [-0.3, -0.25) is 0 Å². The van der Waals surface area contributed by atoms with Crippen LogP contribution in [0.2, 0.25) is 0 Å². The van der Waals surface area contributed by atoms with Crippen LogP contribution in [0.4, 0.5) is 4.39 Å². The summed E-state index contributed by atoms with van der Waals surface area (Å²) in [6.45, 7) is 5.67. The van der Waals surface area contributed by atoms with Crippen molar-refractivity contribution in [3.8, 4) is 5.75 Å². The lowest BCUT2D eigenvalue weighted by Crippen LogP contribution is -2.22. The van der Waals surface area contributed by atoms with Gasteiger partial charge in [-0.15, -0.1) is 0 Å². The number of nitrogens with one attached hydrogen (secondary N) is 2. The van der Waals surface area contributed by atoms with Gasteiger partial charge < -0.3 is 15.4 Å². The predicted molar refractivity (Wildman–Crippen MR) is 72.4 cm³/mol. The van der Waals surface area contributed by atoms with Gasteiger partial charge in [0.25, 0.3) is 0 Å². The monoisotopic (exact) mass is 254 g/mol. The molecule has 1 aromatic rings. The first-order valence-electron chi connectivity index (χ1n) is 6.51. The van der Waals surface area contributed by atoms with Crippen molar-refractivity contribution < 1.29 is 9.13 Å². The van der Waals surface area contributed by atoms with Gasteiger partial charge in [-0.25, -0.2) is 4.39 Å². The summed E-state index contributed by atoms with van der Waals surface area (Å²) in [5.41, 5.74) is 0.678. The molecule has 0 radical (unpaired) electrons. The Balaban J connectivity index is 2.19. The normalized spacial score (nSPS) is 10.6. The van der Waals surface area contributed by atoms with Crippen LogP contribution in [-0.4, -0.2) is 26.7 Å². The van der Waals surface area contributed by atoms with Gasteiger partial charge in [0.15, 0.2) is 0 Å². The number of rotatable bonds is 9. The van der Waals surface area contributed by atoms with E-state index < -0.39 is 0 Å². The van der Waals surface area contributed by atoms with Gasteiger partial charge in [0, 0.05) is 18.2 Å². The minimum absolute atomic E-state index is 0.217. The van der Waals surface area contributed by atoms with Gasteiger partial charge in [-0.2, -0.15) is 0 Å². The molecule has 0 bridgehead atoms. The van der Waals surface area contributed by atoms with E-state index in [-0.39, 0.29) is 5.82 Å². The Bertz CT molecular complexity index is 345. The van der Waals surface area contributed by atoms with Crippen LogP contribution < -0.4 is 15.4 Å². The minimum Gasteiger partial charge on any atom is -0.497 e. The highest BCUT2D eigenvalue weighted by Crippen LogP contribution is 2.15. The summed E-state index contributed by atoms with van der Waals surface area (Å²) >= 11 is 0. The van der Waals surface area contributed by atoms with Crippen molar-refractivity contribution in [2.24, 2.45) is 0 Å². The first kappa shape index (κ1) is 14.9. The number of halogens is 1. The highest BCUT2D eigenvalue weighted by atomic mass is 19.1. The molecule has 0 spiro atoms. The Kier molecular flexibility index (Phi) is 7.37. The molecule has 1 aromatic carbocycles. The van der Waals surface area contributed by atoms with Crippen molar-refractivity contribution in [2.75, 3.05) is 26.7 Å². The third-order valence-corrected chi connectivity index (χ3v) is 2.71. The molecular formula is C14H23FN2O. The van der Waals surface area contributed by atoms with Crippen LogP contribution in [0.15, 0.2) is 18.2 Å². The molecule has 0 fully saturated rings. The van der Waals surface area contributed by atoms with Gasteiger partial charge in [0.1, 0.15) is 11.6 Å². The Hall–Kier alpha value is -1.13. The summed E-state index contributed by atoms with van der Waals surface area (Å²) in [6.07, 6.45) is 2.21. The number of methoxy groups -OCH3 is 1. The van der Waals surface area contributed by atoms with Crippen molar-refractivity contribution in [2.45, 2.75) is 26.3 Å². The molecule has 2 N–H and O–H groups in total. The molecule has 18 heavy (non-hydrogen) atoms. The highest BCUT2D eigenvalue weighted by molar-refractivity contribution is 5.28. The molecule has 1 rings (SSSR count). The van der Waals surface area contributed by atoms with E-state index in [2.05, 4.69) is 17.6 Å². The zero-order valence-corrected chi connectivity index (χ0v) is 11.3. The maximum Gasteiger partial charge on any atom is 0.131 e. The van der Waals surface area contributed by atoms with Gasteiger partial charge in [0.2, 0.25) is 0 Å². The number of hydrogen-bond acceptors (Lipinski definition) is 3. The molecule has 3 nitrogen and oxygen atoms in total. The van der Waals surface area contributed by atoms with E-state index in [0.29, 0.717) is 17.9 Å². The van der Waals surface area contributed by atoms with Gasteiger partial charge in [-0.05, 0) is 38.5 Å². The maximum absolute atomic E-state index is 13.6. The molecular weight excluding hydrogens is 231 g/mol. The quantitative estimate of drug-likeness (QED) is 0.663. The van der Waals surface area contributed by atoms with E-state index in [1.807, 2.05) is 0 Å². The van der Waals surface area contributed by atoms with Crippen molar-refractivity contribution >= 4 is 0 Å². The first-order valence-corrected chi connectivity index (χ1v) is 6.51. The fraction of sp³-hybridized carbons (Fsp3) is 0.571. The van der Waals surface area contributed by atoms with Crippen LogP contribution >= 0.6 is 0 Å². The number of hydrogen-bond donors (Lipinski definition) is 2. The van der Waals surface area contributed by atoms with Crippen molar-refractivity contribution in [1.29, 1.82) is 0 Å². The van der Waals surface area contributed by atoms with Gasteiger partial charge in [0.05, 0.1) is 7.11 Å².